The number of carbonyl (C=O) groups excluding carboxylic acids is 2. The fraction of sp³-hybridized carbons (Fsp3) is 0.840. The van der Waals surface area contributed by atoms with E-state index in [1.54, 1.807) is 9.58 Å². The Morgan fingerprint density at radius 2 is 1.89 bits per heavy atom. The number of aliphatic hydroxyl groups excluding tert-OH is 1. The van der Waals surface area contributed by atoms with E-state index in [9.17, 15) is 14.7 Å². The molecule has 1 aromatic rings. The molecule has 36 heavy (non-hydrogen) atoms. The lowest BCUT2D eigenvalue weighted by molar-refractivity contribution is -0.144. The number of ether oxygens (including phenoxy) is 2. The fourth-order valence-corrected chi connectivity index (χ4v) is 5.77. The van der Waals surface area contributed by atoms with Gasteiger partial charge in [-0.2, -0.15) is 0 Å². The molecule has 2 amide bonds. The predicted molar refractivity (Wildman–Crippen MR) is 130 cm³/mol. The molecular formula is C25H40N6O5. The minimum absolute atomic E-state index is 0.0698. The van der Waals surface area contributed by atoms with Crippen molar-refractivity contribution in [2.45, 2.75) is 82.6 Å². The average Bonchev–Trinajstić information content (AvgIpc) is 3.46. The van der Waals surface area contributed by atoms with Crippen LogP contribution in [-0.4, -0.2) is 112 Å². The van der Waals surface area contributed by atoms with Gasteiger partial charge in [-0.25, -0.2) is 4.68 Å². The van der Waals surface area contributed by atoms with Crippen LogP contribution in [0.4, 0.5) is 0 Å². The van der Waals surface area contributed by atoms with Crippen molar-refractivity contribution in [3.8, 4) is 0 Å². The predicted octanol–water partition coefficient (Wildman–Crippen LogP) is 0.310. The van der Waals surface area contributed by atoms with Crippen LogP contribution in [0.25, 0.3) is 0 Å². The molecule has 0 radical (unpaired) electrons. The lowest BCUT2D eigenvalue weighted by Crippen LogP contribution is -2.61. The van der Waals surface area contributed by atoms with Crippen molar-refractivity contribution >= 4 is 11.8 Å². The van der Waals surface area contributed by atoms with Crippen LogP contribution < -0.4 is 5.32 Å². The first-order valence-electron chi connectivity index (χ1n) is 13.3. The third-order valence-electron chi connectivity index (χ3n) is 7.88. The topological polar surface area (TPSA) is 122 Å². The summed E-state index contributed by atoms with van der Waals surface area (Å²) >= 11 is 0. The van der Waals surface area contributed by atoms with E-state index in [0.29, 0.717) is 38.8 Å². The van der Waals surface area contributed by atoms with Crippen LogP contribution in [0.1, 0.15) is 64.1 Å². The number of hydrogen-bond donors (Lipinski definition) is 2. The van der Waals surface area contributed by atoms with Crippen LogP contribution in [0.15, 0.2) is 6.20 Å². The Morgan fingerprint density at radius 1 is 1.14 bits per heavy atom. The summed E-state index contributed by atoms with van der Waals surface area (Å²) in [5.74, 6) is 0.0126. The third kappa shape index (κ3) is 5.44. The normalized spacial score (nSPS) is 30.8. The summed E-state index contributed by atoms with van der Waals surface area (Å²) in [7, 11) is 0. The van der Waals surface area contributed by atoms with Gasteiger partial charge in [0.2, 0.25) is 11.8 Å². The smallest absolute Gasteiger partial charge is 0.248 e. The van der Waals surface area contributed by atoms with E-state index in [1.807, 2.05) is 27.0 Å². The van der Waals surface area contributed by atoms with E-state index in [2.05, 4.69) is 20.5 Å². The summed E-state index contributed by atoms with van der Waals surface area (Å²) in [6.07, 6.45) is 4.28. The molecule has 11 heteroatoms. The Bertz CT molecular complexity index is 938. The number of hydrogen-bond acceptors (Lipinski definition) is 8. The number of aromatic nitrogens is 3. The van der Waals surface area contributed by atoms with Crippen LogP contribution in [0.3, 0.4) is 0 Å². The molecule has 4 heterocycles. The molecular weight excluding hydrogens is 464 g/mol. The zero-order valence-corrected chi connectivity index (χ0v) is 21.6. The molecule has 5 rings (SSSR count). The molecule has 0 bridgehead atoms. The first kappa shape index (κ1) is 25.6. The number of rotatable bonds is 6. The maximum Gasteiger partial charge on any atom is 0.248 e. The van der Waals surface area contributed by atoms with Crippen molar-refractivity contribution in [2.24, 2.45) is 5.41 Å². The average molecular weight is 505 g/mol. The van der Waals surface area contributed by atoms with Gasteiger partial charge in [0.1, 0.15) is 12.1 Å². The molecule has 2 unspecified atom stereocenters. The molecule has 5 atom stereocenters. The standard InChI is InChI=1S/C25H40N6O5/c1-25(2,3)22(31-14-19(27-28-31)16-4-5-16)24(34)30-13-17(32)12-20(30)23(33)26-18-6-9-36-15-21(18)29-7-10-35-11-8-29/h14,16-18,20-22,32H,4-13,15H2,1-3H3,(H,26,33)/t17-,18?,20+,21?,22-/m1/s1. The molecule has 200 valence electrons. The van der Waals surface area contributed by atoms with Crippen molar-refractivity contribution in [1.82, 2.24) is 30.1 Å². The highest BCUT2D eigenvalue weighted by Gasteiger charge is 2.46. The molecule has 4 aliphatic rings. The van der Waals surface area contributed by atoms with Gasteiger partial charge in [-0.15, -0.1) is 5.10 Å². The number of likely N-dealkylation sites (tertiary alicyclic amines) is 1. The van der Waals surface area contributed by atoms with Crippen molar-refractivity contribution in [3.63, 3.8) is 0 Å². The molecule has 1 aliphatic carbocycles. The van der Waals surface area contributed by atoms with Gasteiger partial charge >= 0.3 is 0 Å². The van der Waals surface area contributed by atoms with Gasteiger partial charge in [-0.3, -0.25) is 14.5 Å². The summed E-state index contributed by atoms with van der Waals surface area (Å²) in [5.41, 5.74) is 0.462. The van der Waals surface area contributed by atoms with Crippen LogP contribution in [0.2, 0.25) is 0 Å². The van der Waals surface area contributed by atoms with Crippen molar-refractivity contribution in [2.75, 3.05) is 46.1 Å². The molecule has 4 fully saturated rings. The van der Waals surface area contributed by atoms with Gasteiger partial charge < -0.3 is 24.8 Å². The van der Waals surface area contributed by atoms with Gasteiger partial charge in [0.25, 0.3) is 0 Å². The Balaban J connectivity index is 1.32. The first-order chi connectivity index (χ1) is 17.2. The van der Waals surface area contributed by atoms with Gasteiger partial charge in [-0.1, -0.05) is 26.0 Å². The van der Waals surface area contributed by atoms with E-state index >= 15 is 0 Å². The number of nitrogens with zero attached hydrogens (tertiary/aromatic N) is 5. The zero-order chi connectivity index (χ0) is 25.4. The summed E-state index contributed by atoms with van der Waals surface area (Å²) in [4.78, 5) is 31.4. The van der Waals surface area contributed by atoms with E-state index in [4.69, 9.17) is 9.47 Å². The maximum absolute atomic E-state index is 14.0. The van der Waals surface area contributed by atoms with Crippen LogP contribution >= 0.6 is 0 Å². The van der Waals surface area contributed by atoms with Crippen LogP contribution in [0, 0.1) is 5.41 Å². The highest BCUT2D eigenvalue weighted by atomic mass is 16.5. The lowest BCUT2D eigenvalue weighted by atomic mass is 9.85. The summed E-state index contributed by atoms with van der Waals surface area (Å²) < 4.78 is 12.9. The minimum atomic E-state index is -0.743. The van der Waals surface area contributed by atoms with E-state index in [1.165, 1.54) is 0 Å². The minimum Gasteiger partial charge on any atom is -0.391 e. The monoisotopic (exact) mass is 504 g/mol. The molecule has 11 nitrogen and oxygen atoms in total. The fourth-order valence-electron chi connectivity index (χ4n) is 5.77. The third-order valence-corrected chi connectivity index (χ3v) is 7.88. The van der Waals surface area contributed by atoms with Crippen molar-refractivity contribution < 1.29 is 24.2 Å². The quantitative estimate of drug-likeness (QED) is 0.568. The second-order valence-electron chi connectivity index (χ2n) is 11.8. The van der Waals surface area contributed by atoms with Crippen LogP contribution in [0.5, 0.6) is 0 Å². The Morgan fingerprint density at radius 3 is 2.58 bits per heavy atom. The molecule has 1 aromatic heterocycles. The number of carbonyl (C=O) groups is 2. The number of aliphatic hydroxyl groups is 1. The molecule has 3 saturated heterocycles. The van der Waals surface area contributed by atoms with Gasteiger partial charge in [-0.05, 0) is 24.7 Å². The van der Waals surface area contributed by atoms with Crippen molar-refractivity contribution in [3.05, 3.63) is 11.9 Å². The van der Waals surface area contributed by atoms with Gasteiger partial charge in [0.15, 0.2) is 0 Å². The van der Waals surface area contributed by atoms with Gasteiger partial charge in [0.05, 0.1) is 37.7 Å². The molecule has 3 aliphatic heterocycles. The largest absolute Gasteiger partial charge is 0.391 e. The summed E-state index contributed by atoms with van der Waals surface area (Å²) in [6, 6.07) is -1.35. The van der Waals surface area contributed by atoms with E-state index in [-0.39, 0.29) is 36.9 Å². The van der Waals surface area contributed by atoms with Gasteiger partial charge in [0, 0.05) is 50.8 Å². The second-order valence-corrected chi connectivity index (χ2v) is 11.8. The Labute approximate surface area is 212 Å². The zero-order valence-electron chi connectivity index (χ0n) is 21.6. The number of amides is 2. The highest BCUT2D eigenvalue weighted by molar-refractivity contribution is 5.90. The SMILES string of the molecule is CC(C)(C)[C@@H](C(=O)N1C[C@H](O)C[C@H]1C(=O)NC1CCOCC1N1CCOCC1)n1cc(C2CC2)nn1. The Kier molecular flexibility index (Phi) is 7.35. The number of morpholine rings is 1. The highest BCUT2D eigenvalue weighted by Crippen LogP contribution is 2.40. The molecule has 0 aromatic carbocycles. The lowest BCUT2D eigenvalue weighted by Gasteiger charge is -2.42. The maximum atomic E-state index is 14.0. The summed E-state index contributed by atoms with van der Waals surface area (Å²) in [6.45, 7) is 10.2. The first-order valence-corrected chi connectivity index (χ1v) is 13.3. The number of β-amino-alcohol motifs (C(OH)–C–C–N with tert-alkyl or cyclic N) is 1. The number of nitrogens with one attached hydrogen (secondary N) is 1. The summed E-state index contributed by atoms with van der Waals surface area (Å²) in [5, 5.41) is 22.4. The Hall–Kier alpha value is -2.08. The molecule has 2 N–H and O–H groups in total. The van der Waals surface area contributed by atoms with E-state index < -0.39 is 23.6 Å². The second kappa shape index (κ2) is 10.4. The van der Waals surface area contributed by atoms with Crippen LogP contribution in [-0.2, 0) is 19.1 Å². The molecule has 0 spiro atoms. The van der Waals surface area contributed by atoms with E-state index in [0.717, 1.165) is 31.6 Å². The van der Waals surface area contributed by atoms with Crippen molar-refractivity contribution in [1.29, 1.82) is 0 Å². The molecule has 1 saturated carbocycles.